The lowest BCUT2D eigenvalue weighted by Crippen LogP contribution is -2.35. The van der Waals surface area contributed by atoms with Crippen LogP contribution in [-0.2, 0) is 10.8 Å². The number of rotatable bonds is 7. The Bertz CT molecular complexity index is 3130. The Balaban J connectivity index is 0.999. The fraction of sp³-hybridized carbons (Fsp3) is 0.250. The quantitative estimate of drug-likeness (QED) is 0.147. The molecule has 0 aliphatic heterocycles. The predicted octanol–water partition coefficient (Wildman–Crippen LogP) is 16.1. The fourth-order valence-corrected chi connectivity index (χ4v) is 13.6. The molecule has 5 aromatic carbocycles. The number of anilines is 3. The molecule has 0 aromatic heterocycles. The first kappa shape index (κ1) is 39.7. The molecule has 0 bridgehead atoms. The van der Waals surface area contributed by atoms with Crippen LogP contribution >= 0.6 is 0 Å². The van der Waals surface area contributed by atoms with Crippen molar-refractivity contribution in [3.8, 4) is 22.3 Å². The summed E-state index contributed by atoms with van der Waals surface area (Å²) in [6.45, 7) is 4.89. The maximum absolute atomic E-state index is 2.73. The summed E-state index contributed by atoms with van der Waals surface area (Å²) in [4.78, 5) is 5.37. The summed E-state index contributed by atoms with van der Waals surface area (Å²) in [5, 5.41) is 0. The fourth-order valence-electron chi connectivity index (χ4n) is 13.6. The van der Waals surface area contributed by atoms with Crippen LogP contribution < -0.4 is 9.80 Å². The lowest BCUT2D eigenvalue weighted by atomic mass is 9.70. The molecule has 66 heavy (non-hydrogen) atoms. The summed E-state index contributed by atoms with van der Waals surface area (Å²) < 4.78 is 0. The van der Waals surface area contributed by atoms with Gasteiger partial charge in [-0.15, -0.1) is 0 Å². The van der Waals surface area contributed by atoms with Crippen molar-refractivity contribution in [3.05, 3.63) is 238 Å². The molecule has 2 heteroatoms. The molecule has 4 unspecified atom stereocenters. The molecular formula is C64H58N2. The highest BCUT2D eigenvalue weighted by Crippen LogP contribution is 2.65. The minimum absolute atomic E-state index is 0.00511. The van der Waals surface area contributed by atoms with Gasteiger partial charge in [0.1, 0.15) is 0 Å². The van der Waals surface area contributed by atoms with Crippen LogP contribution in [0, 0.1) is 5.92 Å². The normalized spacial score (nSPS) is 24.4. The van der Waals surface area contributed by atoms with Crippen LogP contribution in [0.25, 0.3) is 27.8 Å². The molecule has 2 nitrogen and oxygen atoms in total. The van der Waals surface area contributed by atoms with Crippen LogP contribution in [0.15, 0.2) is 205 Å². The van der Waals surface area contributed by atoms with E-state index in [-0.39, 0.29) is 17.5 Å². The smallest absolute Gasteiger partial charge is 0.0727 e. The highest BCUT2D eigenvalue weighted by atomic mass is 15.2. The molecule has 0 saturated heterocycles. The van der Waals surface area contributed by atoms with Crippen molar-refractivity contribution in [1.29, 1.82) is 0 Å². The topological polar surface area (TPSA) is 6.48 Å². The third-order valence-electron chi connectivity index (χ3n) is 16.6. The first-order valence-electron chi connectivity index (χ1n) is 24.8. The molecular weight excluding hydrogens is 797 g/mol. The molecule has 4 atom stereocenters. The van der Waals surface area contributed by atoms with Gasteiger partial charge in [0.2, 0.25) is 0 Å². The molecule has 0 saturated carbocycles. The van der Waals surface area contributed by atoms with Gasteiger partial charge in [0.15, 0.2) is 0 Å². The number of allylic oxidation sites excluding steroid dienone is 14. The van der Waals surface area contributed by atoms with E-state index in [0.29, 0.717) is 5.92 Å². The van der Waals surface area contributed by atoms with Crippen molar-refractivity contribution in [1.82, 2.24) is 0 Å². The number of nitrogens with zero attached hydrogens (tertiary/aromatic N) is 2. The zero-order valence-electron chi connectivity index (χ0n) is 38.4. The predicted molar refractivity (Wildman–Crippen MR) is 277 cm³/mol. The third-order valence-corrected chi connectivity index (χ3v) is 16.6. The van der Waals surface area contributed by atoms with Gasteiger partial charge < -0.3 is 9.80 Å². The first-order chi connectivity index (χ1) is 32.5. The molecule has 0 N–H and O–H groups in total. The minimum atomic E-state index is -0.483. The van der Waals surface area contributed by atoms with E-state index >= 15 is 0 Å². The van der Waals surface area contributed by atoms with Crippen molar-refractivity contribution in [2.24, 2.45) is 5.92 Å². The zero-order chi connectivity index (χ0) is 44.0. The summed E-state index contributed by atoms with van der Waals surface area (Å²) in [6.07, 6.45) is 43.0. The van der Waals surface area contributed by atoms with Crippen molar-refractivity contribution in [2.45, 2.75) is 94.5 Å². The Hall–Kier alpha value is -6.64. The molecule has 8 aliphatic carbocycles. The Morgan fingerprint density at radius 1 is 0.515 bits per heavy atom. The number of hydrogen-bond acceptors (Lipinski definition) is 2. The average Bonchev–Trinajstić information content (AvgIpc) is 3.94. The maximum atomic E-state index is 2.73. The van der Waals surface area contributed by atoms with Crippen molar-refractivity contribution >= 4 is 22.6 Å². The van der Waals surface area contributed by atoms with Crippen LogP contribution in [0.2, 0.25) is 0 Å². The van der Waals surface area contributed by atoms with Crippen LogP contribution in [-0.4, -0.2) is 12.1 Å². The highest BCUT2D eigenvalue weighted by Gasteiger charge is 2.53. The summed E-state index contributed by atoms with van der Waals surface area (Å²) in [7, 11) is 0. The third kappa shape index (κ3) is 5.86. The van der Waals surface area contributed by atoms with Gasteiger partial charge in [0.25, 0.3) is 0 Å². The van der Waals surface area contributed by atoms with Gasteiger partial charge >= 0.3 is 0 Å². The van der Waals surface area contributed by atoms with E-state index in [2.05, 4.69) is 212 Å². The summed E-state index contributed by atoms with van der Waals surface area (Å²) >= 11 is 0. The van der Waals surface area contributed by atoms with E-state index in [9.17, 15) is 0 Å². The SMILES string of the molecule is CC1(C)C2=C(C=CCC2)c2ccc(N(c3ccc4c(c3)C3(c5ccccc5-4)c4ccccc4-c4c(N(C5=CC=C(C6CC=CCC6)CC5)C5C=CC=CC5)cccc43)C3C=CC=CC3)cc21. The second-order valence-electron chi connectivity index (χ2n) is 20.3. The summed E-state index contributed by atoms with van der Waals surface area (Å²) in [5.41, 5.74) is 23.2. The van der Waals surface area contributed by atoms with Gasteiger partial charge in [-0.2, -0.15) is 0 Å². The Labute approximate surface area is 391 Å². The van der Waals surface area contributed by atoms with E-state index in [0.717, 1.165) is 38.5 Å². The summed E-state index contributed by atoms with van der Waals surface area (Å²) in [6, 6.07) is 41.2. The highest BCUT2D eigenvalue weighted by molar-refractivity contribution is 6.00. The molecule has 0 fully saturated rings. The van der Waals surface area contributed by atoms with Crippen molar-refractivity contribution in [2.75, 3.05) is 9.80 Å². The molecule has 0 heterocycles. The van der Waals surface area contributed by atoms with Gasteiger partial charge in [-0.05, 0) is 156 Å². The van der Waals surface area contributed by atoms with E-state index in [1.807, 2.05) is 0 Å². The zero-order valence-corrected chi connectivity index (χ0v) is 38.4. The van der Waals surface area contributed by atoms with Gasteiger partial charge in [-0.25, -0.2) is 0 Å². The van der Waals surface area contributed by atoms with Gasteiger partial charge in [-0.3, -0.25) is 0 Å². The lowest BCUT2D eigenvalue weighted by Gasteiger charge is -2.38. The average molecular weight is 855 g/mol. The van der Waals surface area contributed by atoms with E-state index in [1.165, 1.54) is 103 Å². The second kappa shape index (κ2) is 15.5. The largest absolute Gasteiger partial charge is 0.337 e. The van der Waals surface area contributed by atoms with Crippen LogP contribution in [0.1, 0.15) is 105 Å². The first-order valence-corrected chi connectivity index (χ1v) is 24.8. The van der Waals surface area contributed by atoms with E-state index in [1.54, 1.807) is 11.1 Å². The molecule has 0 amide bonds. The molecule has 13 rings (SSSR count). The summed E-state index contributed by atoms with van der Waals surface area (Å²) in [5.74, 6) is 0.676. The Morgan fingerprint density at radius 2 is 1.21 bits per heavy atom. The van der Waals surface area contributed by atoms with Crippen LogP contribution in [0.4, 0.5) is 17.1 Å². The Kier molecular flexibility index (Phi) is 9.31. The van der Waals surface area contributed by atoms with Crippen molar-refractivity contribution < 1.29 is 0 Å². The molecule has 1 spiro atoms. The van der Waals surface area contributed by atoms with Gasteiger partial charge in [0, 0.05) is 33.7 Å². The van der Waals surface area contributed by atoms with Crippen LogP contribution in [0.3, 0.4) is 0 Å². The number of benzene rings is 5. The maximum Gasteiger partial charge on any atom is 0.0727 e. The number of hydrogen-bond donors (Lipinski definition) is 0. The van der Waals surface area contributed by atoms with E-state index in [4.69, 9.17) is 0 Å². The molecule has 5 aromatic rings. The second-order valence-corrected chi connectivity index (χ2v) is 20.3. The lowest BCUT2D eigenvalue weighted by molar-refractivity contribution is 0.528. The minimum Gasteiger partial charge on any atom is -0.337 e. The van der Waals surface area contributed by atoms with Crippen LogP contribution in [0.5, 0.6) is 0 Å². The molecule has 8 aliphatic rings. The number of fused-ring (bicyclic) bond motifs is 12. The monoisotopic (exact) mass is 854 g/mol. The molecule has 0 radical (unpaired) electrons. The van der Waals surface area contributed by atoms with Crippen molar-refractivity contribution in [3.63, 3.8) is 0 Å². The Morgan fingerprint density at radius 3 is 1.94 bits per heavy atom. The van der Waals surface area contributed by atoms with E-state index < -0.39 is 5.41 Å². The standard InChI is InChI=1S/C64H58N2/c1-63(2)55-28-15-12-25-50(55)52-39-37-48(41-59(52)63)65(45-21-8-4-9-22-45)49-38-40-53-51-26-13-16-29-56(51)64(60(53)42-49)57-30-17-14-27-54(57)62-58(64)31-18-32-61(62)66(46-23-10-5-11-24-46)47-35-33-44(34-36-47)43-19-6-3-7-20-43/h3-6,8-14,16-18,21,23,25-27,29-33,35,37-43,45-46H,7,15,19-20,22,24,28,34,36H2,1-2H3. The van der Waals surface area contributed by atoms with Gasteiger partial charge in [-0.1, -0.05) is 177 Å². The van der Waals surface area contributed by atoms with Gasteiger partial charge in [0.05, 0.1) is 17.5 Å². The molecule has 324 valence electrons.